The Morgan fingerprint density at radius 2 is 1.75 bits per heavy atom. The summed E-state index contributed by atoms with van der Waals surface area (Å²) in [5.74, 6) is -4.74. The molecule has 0 aliphatic heterocycles. The van der Waals surface area contributed by atoms with Gasteiger partial charge in [0, 0.05) is 24.6 Å². The highest BCUT2D eigenvalue weighted by atomic mass is 19.3. The van der Waals surface area contributed by atoms with Crippen molar-refractivity contribution >= 4 is 17.6 Å². The molecule has 7 nitrogen and oxygen atoms in total. The van der Waals surface area contributed by atoms with Gasteiger partial charge in [0.15, 0.2) is 5.82 Å². The van der Waals surface area contributed by atoms with E-state index in [0.717, 1.165) is 26.2 Å². The molecule has 1 amide bonds. The molecule has 6 fully saturated rings. The van der Waals surface area contributed by atoms with Crippen molar-refractivity contribution in [2.24, 2.45) is 10.8 Å². The molecule has 4 bridgehead atoms. The van der Waals surface area contributed by atoms with Gasteiger partial charge in [0.2, 0.25) is 5.91 Å². The Bertz CT molecular complexity index is 1210. The molecule has 6 saturated carbocycles. The number of fused-ring (bicyclic) bond motifs is 3. The number of hydrogen-bond donors (Lipinski definition) is 1. The Hall–Kier alpha value is -2.91. The van der Waals surface area contributed by atoms with Crippen LogP contribution in [0.4, 0.5) is 18.9 Å². The van der Waals surface area contributed by atoms with Crippen molar-refractivity contribution in [2.45, 2.75) is 81.7 Å². The first kappa shape index (κ1) is 23.5. The fourth-order valence-electron chi connectivity index (χ4n) is 7.05. The largest absolute Gasteiger partial charge is 0.478 e. The lowest BCUT2D eigenvalue weighted by molar-refractivity contribution is -0.211. The average Bonchev–Trinajstić information content (AvgIpc) is 3.33. The van der Waals surface area contributed by atoms with Crippen LogP contribution in [0.2, 0.25) is 0 Å². The maximum absolute atomic E-state index is 14.3. The van der Waals surface area contributed by atoms with Crippen molar-refractivity contribution in [3.8, 4) is 0 Å². The van der Waals surface area contributed by atoms with Crippen molar-refractivity contribution < 1.29 is 32.4 Å². The third-order valence-corrected chi connectivity index (χ3v) is 9.24. The summed E-state index contributed by atoms with van der Waals surface area (Å²) in [5, 5.41) is 13.4. The predicted molar refractivity (Wildman–Crippen MR) is 122 cm³/mol. The Morgan fingerprint density at radius 1 is 1.11 bits per heavy atom. The molecule has 0 radical (unpaired) electrons. The predicted octanol–water partition coefficient (Wildman–Crippen LogP) is 5.40. The fraction of sp³-hybridized carbons (Fsp3) is 0.615. The topological polar surface area (TPSA) is 96.5 Å². The zero-order valence-corrected chi connectivity index (χ0v) is 20.0. The van der Waals surface area contributed by atoms with Gasteiger partial charge < -0.3 is 14.5 Å². The van der Waals surface area contributed by atoms with Crippen LogP contribution in [0.25, 0.3) is 0 Å². The van der Waals surface area contributed by atoms with Crippen LogP contribution in [0, 0.1) is 10.8 Å². The second-order valence-corrected chi connectivity index (χ2v) is 11.8. The van der Waals surface area contributed by atoms with E-state index in [-0.39, 0.29) is 36.1 Å². The third kappa shape index (κ3) is 3.47. The van der Waals surface area contributed by atoms with Gasteiger partial charge in [-0.15, -0.1) is 0 Å². The molecule has 0 unspecified atom stereocenters. The quantitative estimate of drug-likeness (QED) is 0.544. The molecule has 0 saturated heterocycles. The number of halogens is 3. The molecular weight excluding hydrogens is 475 g/mol. The minimum absolute atomic E-state index is 0.0919. The summed E-state index contributed by atoms with van der Waals surface area (Å²) < 4.78 is 46.5. The van der Waals surface area contributed by atoms with Gasteiger partial charge in [-0.25, -0.2) is 9.18 Å². The van der Waals surface area contributed by atoms with Crippen LogP contribution in [0.5, 0.6) is 0 Å². The van der Waals surface area contributed by atoms with Gasteiger partial charge in [-0.05, 0) is 81.4 Å². The smallest absolute Gasteiger partial charge is 0.335 e. The maximum Gasteiger partial charge on any atom is 0.335 e. The molecule has 1 aromatic heterocycles. The van der Waals surface area contributed by atoms with Crippen molar-refractivity contribution in [3.63, 3.8) is 0 Å². The van der Waals surface area contributed by atoms with E-state index in [2.05, 4.69) is 10.1 Å². The highest BCUT2D eigenvalue weighted by Crippen LogP contribution is 2.70. The van der Waals surface area contributed by atoms with E-state index in [9.17, 15) is 27.9 Å². The summed E-state index contributed by atoms with van der Waals surface area (Å²) in [6.07, 6.45) is 5.02. The molecule has 8 rings (SSSR count). The number of carbonyl (C=O) groups is 2. The number of hydrogen-bond acceptors (Lipinski definition) is 5. The molecule has 1 aromatic carbocycles. The first-order valence-corrected chi connectivity index (χ1v) is 12.4. The number of anilines is 1. The van der Waals surface area contributed by atoms with E-state index in [1.54, 1.807) is 17.0 Å². The minimum Gasteiger partial charge on any atom is -0.478 e. The summed E-state index contributed by atoms with van der Waals surface area (Å²) in [4.78, 5) is 31.1. The lowest BCUT2D eigenvalue weighted by Gasteiger charge is -2.65. The first-order valence-electron chi connectivity index (χ1n) is 12.4. The summed E-state index contributed by atoms with van der Waals surface area (Å²) in [5.41, 5.74) is -1.92. The standard InChI is InChI=1S/C26H28F3N3O4/c1-22(27,28)20-30-19(31-36-20)24-8-5-23(6-9-24,7-10-24)15-32(17-4-2-3-16(11-17)18(33)34)21(35)25-12-26(29,13-25)14-25/h2-4,11H,5-10,12-15H2,1H3,(H,33,34). The second-order valence-electron chi connectivity index (χ2n) is 11.8. The Balaban J connectivity index is 1.25. The zero-order chi connectivity index (χ0) is 25.6. The number of alkyl halides is 3. The molecule has 36 heavy (non-hydrogen) atoms. The Morgan fingerprint density at radius 3 is 2.28 bits per heavy atom. The number of benzene rings is 1. The zero-order valence-electron chi connectivity index (χ0n) is 20.0. The number of carboxylic acids is 1. The summed E-state index contributed by atoms with van der Waals surface area (Å²) in [6, 6.07) is 6.35. The first-order chi connectivity index (χ1) is 16.9. The molecule has 0 atom stereocenters. The fourth-order valence-corrected chi connectivity index (χ4v) is 7.05. The highest BCUT2D eigenvalue weighted by Gasteiger charge is 2.73. The molecular formula is C26H28F3N3O4. The van der Waals surface area contributed by atoms with Crippen molar-refractivity contribution in [2.75, 3.05) is 11.4 Å². The Kier molecular flexibility index (Phi) is 4.78. The molecule has 1 N–H and O–H groups in total. The van der Waals surface area contributed by atoms with Crippen molar-refractivity contribution in [3.05, 3.63) is 41.5 Å². The van der Waals surface area contributed by atoms with Crippen LogP contribution >= 0.6 is 0 Å². The molecule has 192 valence electrons. The number of rotatable bonds is 7. The third-order valence-electron chi connectivity index (χ3n) is 9.24. The van der Waals surface area contributed by atoms with Crippen LogP contribution in [-0.2, 0) is 16.1 Å². The molecule has 10 heteroatoms. The molecule has 1 heterocycles. The lowest BCUT2D eigenvalue weighted by atomic mass is 9.41. The van der Waals surface area contributed by atoms with E-state index < -0.39 is 34.3 Å². The maximum atomic E-state index is 14.3. The monoisotopic (exact) mass is 503 g/mol. The normalized spacial score (nSPS) is 34.6. The summed E-state index contributed by atoms with van der Waals surface area (Å²) in [6.45, 7) is 1.15. The highest BCUT2D eigenvalue weighted by molar-refractivity contribution is 6.01. The van der Waals surface area contributed by atoms with E-state index in [0.29, 0.717) is 37.3 Å². The number of carbonyl (C=O) groups excluding carboxylic acids is 1. The van der Waals surface area contributed by atoms with Gasteiger partial charge >= 0.3 is 11.9 Å². The van der Waals surface area contributed by atoms with Crippen LogP contribution in [0.15, 0.2) is 28.8 Å². The van der Waals surface area contributed by atoms with Crippen LogP contribution < -0.4 is 4.90 Å². The van der Waals surface area contributed by atoms with E-state index in [4.69, 9.17) is 4.52 Å². The minimum atomic E-state index is -3.19. The second kappa shape index (κ2) is 7.32. The molecule has 6 aliphatic rings. The van der Waals surface area contributed by atoms with Gasteiger partial charge in [0.25, 0.3) is 5.89 Å². The van der Waals surface area contributed by atoms with Crippen molar-refractivity contribution in [1.29, 1.82) is 0 Å². The number of nitrogens with zero attached hydrogens (tertiary/aromatic N) is 3. The molecule has 0 spiro atoms. The van der Waals surface area contributed by atoms with Crippen LogP contribution in [0.1, 0.15) is 86.8 Å². The molecule has 6 aliphatic carbocycles. The van der Waals surface area contributed by atoms with E-state index in [1.807, 2.05) is 0 Å². The average molecular weight is 504 g/mol. The number of carboxylic acid groups (broad SMARTS) is 1. The van der Waals surface area contributed by atoms with Crippen molar-refractivity contribution in [1.82, 2.24) is 10.1 Å². The van der Waals surface area contributed by atoms with Gasteiger partial charge in [-0.1, -0.05) is 11.2 Å². The SMILES string of the molecule is CC(F)(F)c1nc(C23CCC(CN(C(=O)C45CC(F)(C4)C5)c4cccc(C(=O)O)c4)(CC2)CC3)no1. The number of amides is 1. The Labute approximate surface area is 206 Å². The molecule has 2 aromatic rings. The number of aromatic carboxylic acids is 1. The van der Waals surface area contributed by atoms with Gasteiger partial charge in [-0.2, -0.15) is 13.8 Å². The van der Waals surface area contributed by atoms with Crippen LogP contribution in [-0.4, -0.2) is 39.3 Å². The van der Waals surface area contributed by atoms with Gasteiger partial charge in [0.1, 0.15) is 5.67 Å². The van der Waals surface area contributed by atoms with E-state index >= 15 is 0 Å². The van der Waals surface area contributed by atoms with Gasteiger partial charge in [-0.3, -0.25) is 4.79 Å². The summed E-state index contributed by atoms with van der Waals surface area (Å²) >= 11 is 0. The van der Waals surface area contributed by atoms with E-state index in [1.165, 1.54) is 12.1 Å². The lowest BCUT2D eigenvalue weighted by Crippen LogP contribution is -2.71. The number of aromatic nitrogens is 2. The van der Waals surface area contributed by atoms with Gasteiger partial charge in [0.05, 0.1) is 11.0 Å². The summed E-state index contributed by atoms with van der Waals surface area (Å²) in [7, 11) is 0. The van der Waals surface area contributed by atoms with Crippen LogP contribution in [0.3, 0.4) is 0 Å².